The Balaban J connectivity index is 2.61. The second kappa shape index (κ2) is 3.68. The Hall–Kier alpha value is -1.20. The van der Waals surface area contributed by atoms with E-state index in [0.717, 1.165) is 4.90 Å². The number of nitrogens with zero attached hydrogens (tertiary/aromatic N) is 1. The first-order valence-electron chi connectivity index (χ1n) is 3.91. The van der Waals surface area contributed by atoms with E-state index >= 15 is 0 Å². The summed E-state index contributed by atoms with van der Waals surface area (Å²) in [5.74, 6) is -0.837. The van der Waals surface area contributed by atoms with Crippen molar-refractivity contribution in [3.63, 3.8) is 0 Å². The fourth-order valence-electron chi connectivity index (χ4n) is 1.12. The maximum atomic E-state index is 11.1. The van der Waals surface area contributed by atoms with Crippen molar-refractivity contribution < 1.29 is 19.4 Å². The van der Waals surface area contributed by atoms with Crippen LogP contribution >= 0.6 is 0 Å². The van der Waals surface area contributed by atoms with E-state index in [-0.39, 0.29) is 0 Å². The van der Waals surface area contributed by atoms with Crippen molar-refractivity contribution in [2.24, 2.45) is 0 Å². The highest BCUT2D eigenvalue weighted by Crippen LogP contribution is 2.10. The molecule has 1 N–H and O–H groups in total. The Bertz CT molecular complexity index is 241. The summed E-state index contributed by atoms with van der Waals surface area (Å²) in [4.78, 5) is 23.1. The zero-order valence-corrected chi connectivity index (χ0v) is 7.43. The van der Waals surface area contributed by atoms with Crippen molar-refractivity contribution in [1.29, 1.82) is 0 Å². The van der Waals surface area contributed by atoms with Crippen LogP contribution in [0.1, 0.15) is 13.8 Å². The fourth-order valence-corrected chi connectivity index (χ4v) is 1.12. The SMILES string of the molecule is CC(O)OC(C)N1C(=O)C=CC1=O. The lowest BCUT2D eigenvalue weighted by Gasteiger charge is -2.23. The summed E-state index contributed by atoms with van der Waals surface area (Å²) in [5.41, 5.74) is 0. The molecule has 1 rings (SSSR count). The van der Waals surface area contributed by atoms with Crippen molar-refractivity contribution >= 4 is 11.8 Å². The van der Waals surface area contributed by atoms with Gasteiger partial charge in [-0.05, 0) is 13.8 Å². The number of rotatable bonds is 3. The number of hydrogen-bond acceptors (Lipinski definition) is 4. The molecule has 0 fully saturated rings. The first-order chi connectivity index (χ1) is 6.02. The van der Waals surface area contributed by atoms with Crippen LogP contribution in [0.4, 0.5) is 0 Å². The Morgan fingerprint density at radius 1 is 1.31 bits per heavy atom. The Morgan fingerprint density at radius 2 is 1.77 bits per heavy atom. The van der Waals surface area contributed by atoms with Crippen LogP contribution in [0.2, 0.25) is 0 Å². The first kappa shape index (κ1) is 9.88. The van der Waals surface area contributed by atoms with E-state index in [1.165, 1.54) is 26.0 Å². The van der Waals surface area contributed by atoms with E-state index in [1.54, 1.807) is 0 Å². The van der Waals surface area contributed by atoms with Gasteiger partial charge in [-0.1, -0.05) is 0 Å². The summed E-state index contributed by atoms with van der Waals surface area (Å²) in [7, 11) is 0. The van der Waals surface area contributed by atoms with Gasteiger partial charge in [0.05, 0.1) is 0 Å². The number of ether oxygens (including phenoxy) is 1. The molecule has 13 heavy (non-hydrogen) atoms. The second-order valence-corrected chi connectivity index (χ2v) is 2.71. The van der Waals surface area contributed by atoms with E-state index in [9.17, 15) is 9.59 Å². The van der Waals surface area contributed by atoms with Gasteiger partial charge >= 0.3 is 0 Å². The van der Waals surface area contributed by atoms with Crippen LogP contribution in [-0.2, 0) is 14.3 Å². The predicted molar refractivity (Wildman–Crippen MR) is 43.2 cm³/mol. The molecule has 0 saturated heterocycles. The van der Waals surface area contributed by atoms with E-state index in [1.807, 2.05) is 0 Å². The van der Waals surface area contributed by atoms with Gasteiger partial charge in [0, 0.05) is 12.2 Å². The van der Waals surface area contributed by atoms with Gasteiger partial charge in [-0.15, -0.1) is 0 Å². The first-order valence-corrected chi connectivity index (χ1v) is 3.91. The molecule has 1 heterocycles. The van der Waals surface area contributed by atoms with Crippen LogP contribution in [0.15, 0.2) is 12.2 Å². The van der Waals surface area contributed by atoms with E-state index in [0.29, 0.717) is 0 Å². The van der Waals surface area contributed by atoms with Gasteiger partial charge in [0.25, 0.3) is 11.8 Å². The van der Waals surface area contributed by atoms with Crippen LogP contribution in [0.5, 0.6) is 0 Å². The molecule has 1 aliphatic rings. The van der Waals surface area contributed by atoms with E-state index in [2.05, 4.69) is 0 Å². The predicted octanol–water partition coefficient (Wildman–Crippen LogP) is -0.388. The van der Waals surface area contributed by atoms with Crippen LogP contribution in [0.25, 0.3) is 0 Å². The van der Waals surface area contributed by atoms with Gasteiger partial charge in [0.1, 0.15) is 6.23 Å². The van der Waals surface area contributed by atoms with Gasteiger partial charge < -0.3 is 9.84 Å². The third-order valence-electron chi connectivity index (χ3n) is 1.60. The number of imide groups is 1. The average molecular weight is 185 g/mol. The molecular weight excluding hydrogens is 174 g/mol. The molecule has 2 atom stereocenters. The normalized spacial score (nSPS) is 21.0. The monoisotopic (exact) mass is 185 g/mol. The summed E-state index contributed by atoms with van der Waals surface area (Å²) < 4.78 is 4.87. The lowest BCUT2D eigenvalue weighted by Crippen LogP contribution is -2.41. The highest BCUT2D eigenvalue weighted by atomic mass is 16.6. The smallest absolute Gasteiger partial charge is 0.255 e. The molecule has 0 saturated carbocycles. The van der Waals surface area contributed by atoms with Gasteiger partial charge in [0.2, 0.25) is 0 Å². The molecule has 2 amide bonds. The van der Waals surface area contributed by atoms with Crippen molar-refractivity contribution in [1.82, 2.24) is 4.90 Å². The number of amides is 2. The maximum absolute atomic E-state index is 11.1. The molecule has 5 nitrogen and oxygen atoms in total. The van der Waals surface area contributed by atoms with Crippen LogP contribution in [0, 0.1) is 0 Å². The maximum Gasteiger partial charge on any atom is 0.255 e. The van der Waals surface area contributed by atoms with Gasteiger partial charge in [-0.3, -0.25) is 9.59 Å². The Kier molecular flexibility index (Phi) is 2.79. The molecule has 0 radical (unpaired) electrons. The lowest BCUT2D eigenvalue weighted by molar-refractivity contribution is -0.177. The topological polar surface area (TPSA) is 66.8 Å². The fraction of sp³-hybridized carbons (Fsp3) is 0.500. The summed E-state index contributed by atoms with van der Waals surface area (Å²) >= 11 is 0. The minimum atomic E-state index is -1.00. The largest absolute Gasteiger partial charge is 0.368 e. The molecule has 5 heteroatoms. The highest BCUT2D eigenvalue weighted by Gasteiger charge is 2.29. The molecule has 0 aromatic rings. The quantitative estimate of drug-likeness (QED) is 0.480. The average Bonchev–Trinajstić information content (AvgIpc) is 2.29. The zero-order valence-electron chi connectivity index (χ0n) is 7.43. The number of carbonyl (C=O) groups is 2. The minimum Gasteiger partial charge on any atom is -0.368 e. The van der Waals surface area contributed by atoms with Crippen molar-refractivity contribution in [3.8, 4) is 0 Å². The second-order valence-electron chi connectivity index (χ2n) is 2.71. The van der Waals surface area contributed by atoms with Crippen molar-refractivity contribution in [3.05, 3.63) is 12.2 Å². The third-order valence-corrected chi connectivity index (χ3v) is 1.60. The van der Waals surface area contributed by atoms with E-state index < -0.39 is 24.3 Å². The number of aliphatic hydroxyl groups excluding tert-OH is 1. The molecule has 0 aromatic heterocycles. The molecule has 0 aromatic carbocycles. The van der Waals surface area contributed by atoms with Crippen LogP contribution < -0.4 is 0 Å². The molecule has 2 unspecified atom stereocenters. The molecule has 0 spiro atoms. The summed E-state index contributed by atoms with van der Waals surface area (Å²) in [6.45, 7) is 2.93. The Labute approximate surface area is 75.6 Å². The van der Waals surface area contributed by atoms with Crippen LogP contribution in [-0.4, -0.2) is 34.3 Å². The molecule has 0 aliphatic carbocycles. The molecule has 72 valence electrons. The van der Waals surface area contributed by atoms with Gasteiger partial charge in [0.15, 0.2) is 6.29 Å². The summed E-state index contributed by atoms with van der Waals surface area (Å²) in [6.07, 6.45) is 0.597. The number of carbonyl (C=O) groups excluding carboxylic acids is 2. The number of aliphatic hydroxyl groups is 1. The Morgan fingerprint density at radius 3 is 2.15 bits per heavy atom. The van der Waals surface area contributed by atoms with Gasteiger partial charge in [-0.2, -0.15) is 0 Å². The van der Waals surface area contributed by atoms with Crippen molar-refractivity contribution in [2.45, 2.75) is 26.4 Å². The molecular formula is C8H11NO4. The van der Waals surface area contributed by atoms with Gasteiger partial charge in [-0.25, -0.2) is 4.90 Å². The zero-order chi connectivity index (χ0) is 10.0. The summed E-state index contributed by atoms with van der Waals surface area (Å²) in [5, 5.41) is 8.86. The molecule has 1 aliphatic heterocycles. The highest BCUT2D eigenvalue weighted by molar-refractivity contribution is 6.13. The molecule has 0 bridgehead atoms. The van der Waals surface area contributed by atoms with Crippen molar-refractivity contribution in [2.75, 3.05) is 0 Å². The van der Waals surface area contributed by atoms with E-state index in [4.69, 9.17) is 9.84 Å². The summed E-state index contributed by atoms with van der Waals surface area (Å²) in [6, 6.07) is 0. The number of hydrogen-bond donors (Lipinski definition) is 1. The minimum absolute atomic E-state index is 0.418. The van der Waals surface area contributed by atoms with Crippen LogP contribution in [0.3, 0.4) is 0 Å². The third kappa shape index (κ3) is 2.13. The standard InChI is InChI=1S/C8H11NO4/c1-5(13-6(2)10)9-7(11)3-4-8(9)12/h3-6,10H,1-2H3. The lowest BCUT2D eigenvalue weighted by atomic mass is 10.5.